The predicted molar refractivity (Wildman–Crippen MR) is 56.5 cm³/mol. The minimum Gasteiger partial charge on any atom is -0.383 e. The Hall–Kier alpha value is -1.55. The lowest BCUT2D eigenvalue weighted by Crippen LogP contribution is -2.07. The molecule has 0 radical (unpaired) electrons. The number of hydrogen-bond acceptors (Lipinski definition) is 3. The number of methoxy groups -OCH3 is 1. The largest absolute Gasteiger partial charge is 0.383 e. The number of aromatic amines is 1. The van der Waals surface area contributed by atoms with Crippen molar-refractivity contribution in [2.45, 2.75) is 0 Å². The van der Waals surface area contributed by atoms with E-state index in [2.05, 4.69) is 15.5 Å². The van der Waals surface area contributed by atoms with Crippen LogP contribution in [0.2, 0.25) is 0 Å². The Bertz CT molecular complexity index is 410. The van der Waals surface area contributed by atoms with E-state index in [-0.39, 0.29) is 0 Å². The summed E-state index contributed by atoms with van der Waals surface area (Å²) in [5.74, 6) is 0. The zero-order valence-corrected chi connectivity index (χ0v) is 8.08. The third-order valence-electron chi connectivity index (χ3n) is 2.10. The summed E-state index contributed by atoms with van der Waals surface area (Å²) in [6.07, 6.45) is 1.82. The molecule has 74 valence electrons. The fraction of sp³-hybridized carbons (Fsp3) is 0.300. The molecule has 14 heavy (non-hydrogen) atoms. The molecule has 0 fully saturated rings. The molecule has 1 aromatic carbocycles. The molecule has 0 saturated heterocycles. The summed E-state index contributed by atoms with van der Waals surface area (Å²) < 4.78 is 4.97. The number of rotatable bonds is 4. The van der Waals surface area contributed by atoms with Crippen LogP contribution < -0.4 is 5.32 Å². The molecule has 0 unspecified atom stereocenters. The van der Waals surface area contributed by atoms with Crippen LogP contribution in [0.4, 0.5) is 5.69 Å². The number of ether oxygens (including phenoxy) is 1. The van der Waals surface area contributed by atoms with E-state index < -0.39 is 0 Å². The molecule has 0 aliphatic rings. The number of para-hydroxylation sites is 1. The van der Waals surface area contributed by atoms with Crippen molar-refractivity contribution in [1.29, 1.82) is 0 Å². The van der Waals surface area contributed by atoms with Crippen LogP contribution in [0.5, 0.6) is 0 Å². The fourth-order valence-corrected chi connectivity index (χ4v) is 1.40. The average Bonchev–Trinajstić information content (AvgIpc) is 2.67. The number of nitrogens with zero attached hydrogens (tertiary/aromatic N) is 1. The van der Waals surface area contributed by atoms with Gasteiger partial charge in [-0.25, -0.2) is 0 Å². The van der Waals surface area contributed by atoms with E-state index in [1.807, 2.05) is 24.4 Å². The van der Waals surface area contributed by atoms with Gasteiger partial charge in [0, 0.05) is 19.0 Å². The van der Waals surface area contributed by atoms with Crippen LogP contribution >= 0.6 is 0 Å². The first kappa shape index (κ1) is 9.02. The quantitative estimate of drug-likeness (QED) is 0.722. The molecule has 2 aromatic rings. The van der Waals surface area contributed by atoms with Gasteiger partial charge in [0.1, 0.15) is 0 Å². The molecule has 4 nitrogen and oxygen atoms in total. The van der Waals surface area contributed by atoms with Crippen molar-refractivity contribution in [2.24, 2.45) is 0 Å². The minimum absolute atomic E-state index is 0.699. The zero-order valence-electron chi connectivity index (χ0n) is 8.08. The number of anilines is 1. The van der Waals surface area contributed by atoms with E-state index in [0.717, 1.165) is 23.1 Å². The topological polar surface area (TPSA) is 49.9 Å². The Balaban J connectivity index is 2.19. The predicted octanol–water partition coefficient (Wildman–Crippen LogP) is 1.62. The van der Waals surface area contributed by atoms with E-state index in [4.69, 9.17) is 4.74 Å². The van der Waals surface area contributed by atoms with Gasteiger partial charge < -0.3 is 10.1 Å². The van der Waals surface area contributed by atoms with E-state index in [9.17, 15) is 0 Å². The lowest BCUT2D eigenvalue weighted by Gasteiger charge is -2.05. The van der Waals surface area contributed by atoms with Crippen molar-refractivity contribution >= 4 is 16.6 Å². The number of benzene rings is 1. The Morgan fingerprint density at radius 1 is 1.50 bits per heavy atom. The molecule has 0 atom stereocenters. The lowest BCUT2D eigenvalue weighted by atomic mass is 10.2. The van der Waals surface area contributed by atoms with Crippen molar-refractivity contribution in [2.75, 3.05) is 25.6 Å². The van der Waals surface area contributed by atoms with Crippen molar-refractivity contribution in [1.82, 2.24) is 10.2 Å². The Morgan fingerprint density at radius 2 is 2.43 bits per heavy atom. The summed E-state index contributed by atoms with van der Waals surface area (Å²) in [6, 6.07) is 6.06. The van der Waals surface area contributed by atoms with Crippen LogP contribution in [0.15, 0.2) is 24.4 Å². The van der Waals surface area contributed by atoms with Gasteiger partial charge in [-0.15, -0.1) is 0 Å². The standard InChI is InChI=1S/C10H13N3O/c1-14-6-5-11-9-4-2-3-8-7-12-13-10(8)9/h2-4,7,11H,5-6H2,1H3,(H,12,13). The average molecular weight is 191 g/mol. The molecule has 0 spiro atoms. The summed E-state index contributed by atoms with van der Waals surface area (Å²) in [7, 11) is 1.69. The van der Waals surface area contributed by atoms with Gasteiger partial charge in [0.05, 0.1) is 24.0 Å². The summed E-state index contributed by atoms with van der Waals surface area (Å²) in [5.41, 5.74) is 2.11. The van der Waals surface area contributed by atoms with E-state index in [1.165, 1.54) is 0 Å². The maximum Gasteiger partial charge on any atom is 0.0881 e. The second kappa shape index (κ2) is 4.11. The second-order valence-corrected chi connectivity index (χ2v) is 3.06. The SMILES string of the molecule is COCCNc1cccc2cn[nH]c12. The maximum atomic E-state index is 4.97. The van der Waals surface area contributed by atoms with E-state index >= 15 is 0 Å². The van der Waals surface area contributed by atoms with Crippen molar-refractivity contribution < 1.29 is 4.74 Å². The van der Waals surface area contributed by atoms with Crippen LogP contribution in [-0.2, 0) is 4.74 Å². The molecule has 0 amide bonds. The first-order valence-corrected chi connectivity index (χ1v) is 4.56. The van der Waals surface area contributed by atoms with Gasteiger partial charge in [0.15, 0.2) is 0 Å². The second-order valence-electron chi connectivity index (χ2n) is 3.06. The van der Waals surface area contributed by atoms with Crippen LogP contribution in [0, 0.1) is 0 Å². The summed E-state index contributed by atoms with van der Waals surface area (Å²) in [4.78, 5) is 0. The molecular weight excluding hydrogens is 178 g/mol. The fourth-order valence-electron chi connectivity index (χ4n) is 1.40. The van der Waals surface area contributed by atoms with Crippen LogP contribution in [0.3, 0.4) is 0 Å². The Morgan fingerprint density at radius 3 is 3.29 bits per heavy atom. The van der Waals surface area contributed by atoms with Gasteiger partial charge in [-0.2, -0.15) is 5.10 Å². The third-order valence-corrected chi connectivity index (χ3v) is 2.10. The van der Waals surface area contributed by atoms with E-state index in [1.54, 1.807) is 7.11 Å². The number of aromatic nitrogens is 2. The van der Waals surface area contributed by atoms with Gasteiger partial charge >= 0.3 is 0 Å². The van der Waals surface area contributed by atoms with Gasteiger partial charge in [0.25, 0.3) is 0 Å². The van der Waals surface area contributed by atoms with Crippen molar-refractivity contribution in [3.63, 3.8) is 0 Å². The Labute approximate surface area is 82.3 Å². The Kier molecular flexibility index (Phi) is 2.65. The number of hydrogen-bond donors (Lipinski definition) is 2. The number of fused-ring (bicyclic) bond motifs is 1. The smallest absolute Gasteiger partial charge is 0.0881 e. The third kappa shape index (κ3) is 1.70. The summed E-state index contributed by atoms with van der Waals surface area (Å²) in [5, 5.41) is 11.4. The highest BCUT2D eigenvalue weighted by atomic mass is 16.5. The molecule has 1 aromatic heterocycles. The minimum atomic E-state index is 0.699. The van der Waals surface area contributed by atoms with Gasteiger partial charge in [-0.3, -0.25) is 5.10 Å². The highest BCUT2D eigenvalue weighted by Gasteiger charge is 2.00. The monoisotopic (exact) mass is 191 g/mol. The molecule has 0 aliphatic carbocycles. The highest BCUT2D eigenvalue weighted by Crippen LogP contribution is 2.19. The van der Waals surface area contributed by atoms with Crippen LogP contribution in [-0.4, -0.2) is 30.5 Å². The zero-order chi connectivity index (χ0) is 9.80. The van der Waals surface area contributed by atoms with Gasteiger partial charge in [-0.05, 0) is 6.07 Å². The summed E-state index contributed by atoms with van der Waals surface area (Å²) >= 11 is 0. The van der Waals surface area contributed by atoms with Crippen molar-refractivity contribution in [3.05, 3.63) is 24.4 Å². The molecule has 2 N–H and O–H groups in total. The molecule has 4 heteroatoms. The molecule has 0 saturated carbocycles. The molecule has 0 aliphatic heterocycles. The first-order valence-electron chi connectivity index (χ1n) is 4.56. The highest BCUT2D eigenvalue weighted by molar-refractivity contribution is 5.89. The van der Waals surface area contributed by atoms with Crippen molar-refractivity contribution in [3.8, 4) is 0 Å². The van der Waals surface area contributed by atoms with Gasteiger partial charge in [0.2, 0.25) is 0 Å². The lowest BCUT2D eigenvalue weighted by molar-refractivity contribution is 0.211. The van der Waals surface area contributed by atoms with E-state index in [0.29, 0.717) is 6.61 Å². The number of nitrogens with one attached hydrogen (secondary N) is 2. The molecular formula is C10H13N3O. The maximum absolute atomic E-state index is 4.97. The normalized spacial score (nSPS) is 10.6. The van der Waals surface area contributed by atoms with Gasteiger partial charge in [-0.1, -0.05) is 12.1 Å². The van der Waals surface area contributed by atoms with Crippen LogP contribution in [0.25, 0.3) is 10.9 Å². The number of H-pyrrole nitrogens is 1. The summed E-state index contributed by atoms with van der Waals surface area (Å²) in [6.45, 7) is 1.50. The molecule has 2 rings (SSSR count). The molecule has 0 bridgehead atoms. The molecule has 1 heterocycles. The first-order chi connectivity index (χ1) is 6.92. The van der Waals surface area contributed by atoms with Crippen LogP contribution in [0.1, 0.15) is 0 Å².